The molecular weight excluding hydrogens is 336 g/mol. The van der Waals surface area contributed by atoms with Crippen molar-refractivity contribution >= 4 is 22.9 Å². The summed E-state index contributed by atoms with van der Waals surface area (Å²) < 4.78 is 5.09. The molecule has 0 aliphatic carbocycles. The van der Waals surface area contributed by atoms with Crippen molar-refractivity contribution in [3.05, 3.63) is 36.0 Å². The number of unbranched alkanes of at least 4 members (excludes halogenated alkanes) is 1. The second kappa shape index (κ2) is 10.4. The number of carbonyl (C=O) groups is 2. The average molecular weight is 362 g/mol. The van der Waals surface area contributed by atoms with Gasteiger partial charge in [0.1, 0.15) is 6.04 Å². The van der Waals surface area contributed by atoms with Crippen molar-refractivity contribution in [2.24, 2.45) is 5.73 Å². The highest BCUT2D eigenvalue weighted by Crippen LogP contribution is 2.19. The Balaban J connectivity index is 2.03. The Morgan fingerprint density at radius 1 is 1.27 bits per heavy atom. The van der Waals surface area contributed by atoms with Gasteiger partial charge in [0.15, 0.2) is 0 Å². The zero-order valence-electron chi connectivity index (χ0n) is 14.7. The van der Waals surface area contributed by atoms with Crippen LogP contribution < -0.4 is 16.4 Å². The summed E-state index contributed by atoms with van der Waals surface area (Å²) in [7, 11) is 0. The lowest BCUT2D eigenvalue weighted by Crippen LogP contribution is -2.48. The number of amides is 2. The summed E-state index contributed by atoms with van der Waals surface area (Å²) in [5, 5.41) is 15.1. The normalized spacial score (nSPS) is 11.9. The maximum atomic E-state index is 12.4. The van der Waals surface area contributed by atoms with Crippen molar-refractivity contribution in [2.75, 3.05) is 26.3 Å². The number of hydrogen-bond acceptors (Lipinski definition) is 5. The van der Waals surface area contributed by atoms with E-state index >= 15 is 0 Å². The number of alkyl carbamates (subject to hydrolysis) is 1. The van der Waals surface area contributed by atoms with Gasteiger partial charge in [-0.25, -0.2) is 4.79 Å². The number of nitrogens with two attached hydrogens (primary N) is 1. The summed E-state index contributed by atoms with van der Waals surface area (Å²) in [6.07, 6.45) is 2.92. The molecule has 0 bridgehead atoms. The first kappa shape index (κ1) is 19.7. The largest absolute Gasteiger partial charge is 0.450 e. The molecule has 142 valence electrons. The molecule has 8 nitrogen and oxygen atoms in total. The van der Waals surface area contributed by atoms with Crippen molar-refractivity contribution in [1.29, 1.82) is 0 Å². The van der Waals surface area contributed by atoms with Gasteiger partial charge in [-0.15, -0.1) is 0 Å². The van der Waals surface area contributed by atoms with Crippen LogP contribution in [0.2, 0.25) is 0 Å². The van der Waals surface area contributed by atoms with Crippen LogP contribution in [0.3, 0.4) is 0 Å². The third-order valence-electron chi connectivity index (χ3n) is 3.95. The second-order valence-corrected chi connectivity index (χ2v) is 5.91. The van der Waals surface area contributed by atoms with Crippen LogP contribution in [-0.2, 0) is 16.0 Å². The Morgan fingerprint density at radius 2 is 2.08 bits per heavy atom. The smallest absolute Gasteiger partial charge is 0.407 e. The first-order valence-corrected chi connectivity index (χ1v) is 8.72. The van der Waals surface area contributed by atoms with E-state index < -0.39 is 12.1 Å². The van der Waals surface area contributed by atoms with Gasteiger partial charge in [-0.2, -0.15) is 0 Å². The van der Waals surface area contributed by atoms with Crippen molar-refractivity contribution < 1.29 is 19.4 Å². The van der Waals surface area contributed by atoms with E-state index in [9.17, 15) is 9.59 Å². The average Bonchev–Trinajstić information content (AvgIpc) is 3.06. The molecule has 0 saturated carbocycles. The second-order valence-electron chi connectivity index (χ2n) is 5.91. The van der Waals surface area contributed by atoms with Gasteiger partial charge in [0.25, 0.3) is 0 Å². The lowest BCUT2D eigenvalue weighted by molar-refractivity contribution is -0.123. The van der Waals surface area contributed by atoms with Gasteiger partial charge in [0.2, 0.25) is 5.91 Å². The molecule has 1 atom stereocenters. The number of aromatic nitrogens is 1. The molecule has 1 aromatic heterocycles. The van der Waals surface area contributed by atoms with Crippen molar-refractivity contribution in [2.45, 2.75) is 25.3 Å². The molecule has 0 fully saturated rings. The predicted molar refractivity (Wildman–Crippen MR) is 98.7 cm³/mol. The molecule has 0 aliphatic heterocycles. The maximum absolute atomic E-state index is 12.4. The van der Waals surface area contributed by atoms with Crippen LogP contribution in [0.25, 0.3) is 10.9 Å². The third kappa shape index (κ3) is 5.75. The predicted octanol–water partition coefficient (Wildman–Crippen LogP) is 0.653. The van der Waals surface area contributed by atoms with Crippen LogP contribution in [-0.4, -0.2) is 54.4 Å². The van der Waals surface area contributed by atoms with Gasteiger partial charge in [-0.3, -0.25) is 4.79 Å². The molecule has 2 amide bonds. The van der Waals surface area contributed by atoms with Crippen molar-refractivity contribution in [3.63, 3.8) is 0 Å². The SMILES string of the molecule is NCCCCOC(=O)N[C@@H](Cc1c[nH]c2ccccc12)C(=O)NCCO. The number of aliphatic hydroxyl groups is 1. The van der Waals surface area contributed by atoms with Gasteiger partial charge in [-0.1, -0.05) is 18.2 Å². The molecule has 1 heterocycles. The molecular formula is C18H26N4O4. The Kier molecular flexibility index (Phi) is 7.91. The number of aliphatic hydroxyl groups excluding tert-OH is 1. The summed E-state index contributed by atoms with van der Waals surface area (Å²) in [5.41, 5.74) is 7.27. The number of benzene rings is 1. The van der Waals surface area contributed by atoms with E-state index in [4.69, 9.17) is 15.6 Å². The van der Waals surface area contributed by atoms with Crippen LogP contribution in [0.15, 0.2) is 30.5 Å². The van der Waals surface area contributed by atoms with E-state index in [0.29, 0.717) is 19.4 Å². The van der Waals surface area contributed by atoms with Crippen LogP contribution in [0.5, 0.6) is 0 Å². The van der Waals surface area contributed by atoms with E-state index in [1.54, 1.807) is 0 Å². The molecule has 8 heteroatoms. The number of fused-ring (bicyclic) bond motifs is 1. The number of ether oxygens (including phenoxy) is 1. The van der Waals surface area contributed by atoms with Gasteiger partial charge < -0.3 is 31.2 Å². The summed E-state index contributed by atoms with van der Waals surface area (Å²) in [6.45, 7) is 0.740. The summed E-state index contributed by atoms with van der Waals surface area (Å²) in [6, 6.07) is 6.93. The summed E-state index contributed by atoms with van der Waals surface area (Å²) in [5.74, 6) is -0.372. The molecule has 0 saturated heterocycles. The topological polar surface area (TPSA) is 129 Å². The first-order valence-electron chi connectivity index (χ1n) is 8.72. The van der Waals surface area contributed by atoms with Gasteiger partial charge in [-0.05, 0) is 31.0 Å². The minimum absolute atomic E-state index is 0.121. The lowest BCUT2D eigenvalue weighted by atomic mass is 10.0. The monoisotopic (exact) mass is 362 g/mol. The number of rotatable bonds is 10. The Morgan fingerprint density at radius 3 is 2.85 bits per heavy atom. The third-order valence-corrected chi connectivity index (χ3v) is 3.95. The van der Waals surface area contributed by atoms with E-state index in [1.165, 1.54) is 0 Å². The standard InChI is InChI=1S/C18H26N4O4/c19-7-3-4-10-26-18(25)22-16(17(24)20-8-9-23)11-13-12-21-15-6-2-1-5-14(13)15/h1-2,5-6,12,16,21,23H,3-4,7-11,19H2,(H,20,24)(H,22,25)/t16-/m0/s1. The molecule has 0 radical (unpaired) electrons. The van der Waals surface area contributed by atoms with Crippen LogP contribution in [0.4, 0.5) is 4.79 Å². The highest BCUT2D eigenvalue weighted by molar-refractivity contribution is 5.88. The quantitative estimate of drug-likeness (QED) is 0.396. The summed E-state index contributed by atoms with van der Waals surface area (Å²) >= 11 is 0. The Hall–Kier alpha value is -2.58. The maximum Gasteiger partial charge on any atom is 0.407 e. The number of hydrogen-bond donors (Lipinski definition) is 5. The van der Waals surface area contributed by atoms with E-state index in [1.807, 2.05) is 30.5 Å². The zero-order chi connectivity index (χ0) is 18.8. The van der Waals surface area contributed by atoms with Gasteiger partial charge in [0, 0.05) is 30.1 Å². The minimum atomic E-state index is -0.803. The zero-order valence-corrected chi connectivity index (χ0v) is 14.7. The lowest BCUT2D eigenvalue weighted by Gasteiger charge is -2.18. The fourth-order valence-corrected chi connectivity index (χ4v) is 2.63. The molecule has 2 aromatic rings. The number of nitrogens with one attached hydrogen (secondary N) is 3. The highest BCUT2D eigenvalue weighted by Gasteiger charge is 2.23. The molecule has 0 spiro atoms. The molecule has 0 unspecified atom stereocenters. The number of H-pyrrole nitrogens is 1. The number of para-hydroxylation sites is 1. The fourth-order valence-electron chi connectivity index (χ4n) is 2.63. The van der Waals surface area contributed by atoms with Crippen LogP contribution >= 0.6 is 0 Å². The number of carbonyl (C=O) groups excluding carboxylic acids is 2. The van der Waals surface area contributed by atoms with E-state index in [-0.39, 0.29) is 25.7 Å². The Bertz CT molecular complexity index is 716. The summed E-state index contributed by atoms with van der Waals surface area (Å²) in [4.78, 5) is 27.5. The minimum Gasteiger partial charge on any atom is -0.450 e. The molecule has 0 aliphatic rings. The molecule has 2 rings (SSSR count). The van der Waals surface area contributed by atoms with Crippen LogP contribution in [0, 0.1) is 0 Å². The number of aromatic amines is 1. The molecule has 1 aromatic carbocycles. The van der Waals surface area contributed by atoms with E-state index in [0.717, 1.165) is 22.9 Å². The highest BCUT2D eigenvalue weighted by atomic mass is 16.5. The Labute approximate surface area is 152 Å². The van der Waals surface area contributed by atoms with Crippen LogP contribution in [0.1, 0.15) is 18.4 Å². The van der Waals surface area contributed by atoms with Crippen molar-refractivity contribution in [3.8, 4) is 0 Å². The molecule has 26 heavy (non-hydrogen) atoms. The first-order chi connectivity index (χ1) is 12.7. The van der Waals surface area contributed by atoms with Gasteiger partial charge in [0.05, 0.1) is 13.2 Å². The van der Waals surface area contributed by atoms with E-state index in [2.05, 4.69) is 15.6 Å². The van der Waals surface area contributed by atoms with Gasteiger partial charge >= 0.3 is 6.09 Å². The fraction of sp³-hybridized carbons (Fsp3) is 0.444. The van der Waals surface area contributed by atoms with Crippen molar-refractivity contribution in [1.82, 2.24) is 15.6 Å². The molecule has 6 N–H and O–H groups in total.